The average molecular weight is 248 g/mol. The number of hydrogen-bond donors (Lipinski definition) is 0. The Morgan fingerprint density at radius 2 is 1.83 bits per heavy atom. The lowest BCUT2D eigenvalue weighted by molar-refractivity contribution is 0.0708. The van der Waals surface area contributed by atoms with Gasteiger partial charge in [-0.2, -0.15) is 0 Å². The molecule has 0 N–H and O–H groups in total. The summed E-state index contributed by atoms with van der Waals surface area (Å²) in [4.78, 5) is 12.4. The van der Waals surface area contributed by atoms with Crippen LogP contribution in [-0.2, 0) is 4.74 Å². The van der Waals surface area contributed by atoms with Gasteiger partial charge in [-0.15, -0.1) is 0 Å². The molecule has 0 saturated heterocycles. The second-order valence-electron chi connectivity index (χ2n) is 5.06. The van der Waals surface area contributed by atoms with Crippen molar-refractivity contribution in [3.05, 3.63) is 35.9 Å². The molecule has 2 nitrogen and oxygen atoms in total. The van der Waals surface area contributed by atoms with Crippen LogP contribution in [0.4, 0.5) is 0 Å². The zero-order valence-corrected chi connectivity index (χ0v) is 11.7. The molecule has 0 heterocycles. The van der Waals surface area contributed by atoms with E-state index >= 15 is 0 Å². The molecule has 1 unspecified atom stereocenters. The Bertz CT molecular complexity index is 343. The predicted molar refractivity (Wildman–Crippen MR) is 74.8 cm³/mol. The Morgan fingerprint density at radius 3 is 2.39 bits per heavy atom. The smallest absolute Gasteiger partial charge is 0.168 e. The summed E-state index contributed by atoms with van der Waals surface area (Å²) in [6.45, 7) is 7.54. The fourth-order valence-electron chi connectivity index (χ4n) is 1.92. The number of rotatable bonds is 8. The molecule has 0 amide bonds. The normalized spacial score (nSPS) is 12.7. The first-order valence-electron chi connectivity index (χ1n) is 6.82. The van der Waals surface area contributed by atoms with Crippen molar-refractivity contribution in [3.63, 3.8) is 0 Å². The molecule has 0 fully saturated rings. The fraction of sp³-hybridized carbons (Fsp3) is 0.562. The van der Waals surface area contributed by atoms with Crippen LogP contribution in [0.5, 0.6) is 0 Å². The summed E-state index contributed by atoms with van der Waals surface area (Å²) in [6, 6.07) is 9.52. The van der Waals surface area contributed by atoms with Gasteiger partial charge in [0.05, 0.1) is 6.61 Å². The lowest BCUT2D eigenvalue weighted by Crippen LogP contribution is -2.21. The Balaban J connectivity index is 2.66. The number of carbonyl (C=O) groups excluding carboxylic acids is 1. The number of ether oxygens (including phenoxy) is 1. The minimum absolute atomic E-state index is 0.00486. The van der Waals surface area contributed by atoms with E-state index in [1.807, 2.05) is 37.3 Å². The van der Waals surface area contributed by atoms with Gasteiger partial charge in [-0.05, 0) is 19.3 Å². The Morgan fingerprint density at radius 1 is 1.17 bits per heavy atom. The molecule has 0 spiro atoms. The molecule has 18 heavy (non-hydrogen) atoms. The Labute approximate surface area is 110 Å². The lowest BCUT2D eigenvalue weighted by atomic mass is 9.91. The molecule has 100 valence electrons. The summed E-state index contributed by atoms with van der Waals surface area (Å²) in [5.74, 6) is 0.831. The maximum atomic E-state index is 12.4. The molecule has 1 atom stereocenters. The summed E-state index contributed by atoms with van der Waals surface area (Å²) in [7, 11) is 0. The number of benzene rings is 1. The van der Waals surface area contributed by atoms with E-state index < -0.39 is 0 Å². The van der Waals surface area contributed by atoms with Gasteiger partial charge in [0.25, 0.3) is 0 Å². The van der Waals surface area contributed by atoms with Crippen molar-refractivity contribution >= 4 is 5.78 Å². The number of ketones is 1. The van der Waals surface area contributed by atoms with E-state index in [1.165, 1.54) is 0 Å². The third-order valence-electron chi connectivity index (χ3n) is 3.04. The van der Waals surface area contributed by atoms with Gasteiger partial charge in [0, 0.05) is 18.1 Å². The van der Waals surface area contributed by atoms with Crippen LogP contribution in [0.3, 0.4) is 0 Å². The van der Waals surface area contributed by atoms with Crippen LogP contribution in [0.1, 0.15) is 44.0 Å². The molecular formula is C16H24O2. The van der Waals surface area contributed by atoms with Crippen molar-refractivity contribution in [1.82, 2.24) is 0 Å². The topological polar surface area (TPSA) is 26.3 Å². The minimum Gasteiger partial charge on any atom is -0.381 e. The van der Waals surface area contributed by atoms with Gasteiger partial charge in [-0.1, -0.05) is 50.6 Å². The standard InChI is InChI=1S/C16H24O2/c1-4-18-12-15(11-10-13(2)3)16(17)14-8-6-5-7-9-14/h5-9,13,15H,4,10-12H2,1-3H3. The molecule has 2 heteroatoms. The Kier molecular flexibility index (Phi) is 6.66. The van der Waals surface area contributed by atoms with Gasteiger partial charge in [0.1, 0.15) is 0 Å². The molecule has 0 saturated carbocycles. The zero-order chi connectivity index (χ0) is 13.4. The number of Topliss-reactive ketones (excluding diaryl/α,β-unsaturated/α-hetero) is 1. The SMILES string of the molecule is CCOCC(CCC(C)C)C(=O)c1ccccc1. The van der Waals surface area contributed by atoms with Gasteiger partial charge >= 0.3 is 0 Å². The van der Waals surface area contributed by atoms with Crippen LogP contribution < -0.4 is 0 Å². The van der Waals surface area contributed by atoms with Gasteiger partial charge in [0.2, 0.25) is 0 Å². The second-order valence-corrected chi connectivity index (χ2v) is 5.06. The maximum Gasteiger partial charge on any atom is 0.168 e. The molecule has 1 aromatic rings. The summed E-state index contributed by atoms with van der Waals surface area (Å²) in [5, 5.41) is 0. The third kappa shape index (κ3) is 5.01. The van der Waals surface area contributed by atoms with E-state index in [4.69, 9.17) is 4.74 Å². The average Bonchev–Trinajstić information content (AvgIpc) is 2.39. The molecule has 0 radical (unpaired) electrons. The molecule has 0 aliphatic carbocycles. The quantitative estimate of drug-likeness (QED) is 0.651. The van der Waals surface area contributed by atoms with Crippen LogP contribution in [-0.4, -0.2) is 19.0 Å². The van der Waals surface area contributed by atoms with Crippen molar-refractivity contribution in [2.24, 2.45) is 11.8 Å². The molecule has 1 aromatic carbocycles. The fourth-order valence-corrected chi connectivity index (χ4v) is 1.92. The van der Waals surface area contributed by atoms with Crippen molar-refractivity contribution in [3.8, 4) is 0 Å². The molecular weight excluding hydrogens is 224 g/mol. The van der Waals surface area contributed by atoms with E-state index in [0.717, 1.165) is 18.4 Å². The van der Waals surface area contributed by atoms with Crippen molar-refractivity contribution in [1.29, 1.82) is 0 Å². The van der Waals surface area contributed by atoms with E-state index in [-0.39, 0.29) is 11.7 Å². The second kappa shape index (κ2) is 8.04. The van der Waals surface area contributed by atoms with E-state index in [9.17, 15) is 4.79 Å². The first-order valence-corrected chi connectivity index (χ1v) is 6.82. The summed E-state index contributed by atoms with van der Waals surface area (Å²) in [6.07, 6.45) is 1.97. The number of hydrogen-bond acceptors (Lipinski definition) is 2. The van der Waals surface area contributed by atoms with Gasteiger partial charge in [-0.25, -0.2) is 0 Å². The molecule has 0 aliphatic rings. The third-order valence-corrected chi connectivity index (χ3v) is 3.04. The summed E-state index contributed by atoms with van der Waals surface area (Å²) in [5.41, 5.74) is 0.797. The van der Waals surface area contributed by atoms with Crippen LogP contribution in [0, 0.1) is 11.8 Å². The first kappa shape index (κ1) is 14.9. The highest BCUT2D eigenvalue weighted by Crippen LogP contribution is 2.18. The molecule has 1 rings (SSSR count). The van der Waals surface area contributed by atoms with Crippen molar-refractivity contribution < 1.29 is 9.53 Å². The zero-order valence-electron chi connectivity index (χ0n) is 11.7. The van der Waals surface area contributed by atoms with Crippen molar-refractivity contribution in [2.45, 2.75) is 33.6 Å². The minimum atomic E-state index is -0.00486. The van der Waals surface area contributed by atoms with E-state index in [2.05, 4.69) is 13.8 Å². The highest BCUT2D eigenvalue weighted by Gasteiger charge is 2.20. The highest BCUT2D eigenvalue weighted by atomic mass is 16.5. The van der Waals surface area contributed by atoms with Gasteiger partial charge in [0.15, 0.2) is 5.78 Å². The van der Waals surface area contributed by atoms with Crippen molar-refractivity contribution in [2.75, 3.05) is 13.2 Å². The lowest BCUT2D eigenvalue weighted by Gasteiger charge is -2.16. The number of carbonyl (C=O) groups is 1. The van der Waals surface area contributed by atoms with Crippen LogP contribution in [0.15, 0.2) is 30.3 Å². The van der Waals surface area contributed by atoms with E-state index in [1.54, 1.807) is 0 Å². The Hall–Kier alpha value is -1.15. The predicted octanol–water partition coefficient (Wildman–Crippen LogP) is 3.96. The monoisotopic (exact) mass is 248 g/mol. The summed E-state index contributed by atoms with van der Waals surface area (Å²) >= 11 is 0. The first-order chi connectivity index (χ1) is 8.65. The largest absolute Gasteiger partial charge is 0.381 e. The van der Waals surface area contributed by atoms with Crippen LogP contribution in [0.25, 0.3) is 0 Å². The summed E-state index contributed by atoms with van der Waals surface area (Å²) < 4.78 is 5.45. The molecule has 0 aliphatic heterocycles. The van der Waals surface area contributed by atoms with E-state index in [0.29, 0.717) is 19.1 Å². The molecule has 0 aromatic heterocycles. The highest BCUT2D eigenvalue weighted by molar-refractivity contribution is 5.97. The van der Waals surface area contributed by atoms with Crippen LogP contribution in [0.2, 0.25) is 0 Å². The molecule has 0 bridgehead atoms. The van der Waals surface area contributed by atoms with Gasteiger partial charge < -0.3 is 4.74 Å². The van der Waals surface area contributed by atoms with Crippen LogP contribution >= 0.6 is 0 Å². The maximum absolute atomic E-state index is 12.4. The van der Waals surface area contributed by atoms with Gasteiger partial charge in [-0.3, -0.25) is 4.79 Å².